The minimum Gasteiger partial charge on any atom is -0.340 e. The van der Waals surface area contributed by atoms with Gasteiger partial charge in [0.2, 0.25) is 16.9 Å². The molecule has 0 spiro atoms. The minimum atomic E-state index is 0.0545. The van der Waals surface area contributed by atoms with E-state index in [1.165, 1.54) is 23.1 Å². The normalized spacial score (nSPS) is 13.7. The molecule has 2 aromatic heterocycles. The van der Waals surface area contributed by atoms with Gasteiger partial charge in [0.25, 0.3) is 0 Å². The molecule has 1 aliphatic carbocycles. The summed E-state index contributed by atoms with van der Waals surface area (Å²) < 4.78 is 0.724. The van der Waals surface area contributed by atoms with Crippen molar-refractivity contribution in [2.45, 2.75) is 43.1 Å². The van der Waals surface area contributed by atoms with E-state index in [9.17, 15) is 9.59 Å². The molecule has 0 aromatic carbocycles. The van der Waals surface area contributed by atoms with E-state index in [-0.39, 0.29) is 17.9 Å². The largest absolute Gasteiger partial charge is 0.340 e. The maximum atomic E-state index is 12.3. The number of nitrogens with zero attached hydrogens (tertiary/aromatic N) is 4. The van der Waals surface area contributed by atoms with E-state index in [0.717, 1.165) is 22.1 Å². The molecule has 2 amide bonds. The van der Waals surface area contributed by atoms with Crippen LogP contribution in [0.15, 0.2) is 21.9 Å². The first-order valence-corrected chi connectivity index (χ1v) is 10.8. The van der Waals surface area contributed by atoms with Crippen LogP contribution in [0.2, 0.25) is 0 Å². The van der Waals surface area contributed by atoms with Crippen LogP contribution in [0.25, 0.3) is 0 Å². The number of hydrogen-bond acceptors (Lipinski definition) is 7. The molecule has 0 unspecified atom stereocenters. The molecular formula is C16H20N4O2S3. The van der Waals surface area contributed by atoms with Crippen LogP contribution < -0.4 is 4.90 Å². The van der Waals surface area contributed by atoms with E-state index in [1.807, 2.05) is 31.5 Å². The zero-order valence-corrected chi connectivity index (χ0v) is 16.6. The number of anilines is 1. The summed E-state index contributed by atoms with van der Waals surface area (Å²) in [6, 6.07) is 4.28. The molecule has 0 saturated heterocycles. The lowest BCUT2D eigenvalue weighted by Gasteiger charge is -2.17. The highest BCUT2D eigenvalue weighted by Gasteiger charge is 2.35. The molecule has 1 saturated carbocycles. The first-order chi connectivity index (χ1) is 12.1. The predicted molar refractivity (Wildman–Crippen MR) is 102 cm³/mol. The molecule has 6 nitrogen and oxygen atoms in total. The number of rotatable bonds is 8. The van der Waals surface area contributed by atoms with Crippen molar-refractivity contribution in [3.05, 3.63) is 22.4 Å². The van der Waals surface area contributed by atoms with E-state index >= 15 is 0 Å². The molecule has 2 aromatic rings. The van der Waals surface area contributed by atoms with Crippen molar-refractivity contribution in [3.63, 3.8) is 0 Å². The van der Waals surface area contributed by atoms with Gasteiger partial charge in [-0.25, -0.2) is 0 Å². The van der Waals surface area contributed by atoms with E-state index in [4.69, 9.17) is 0 Å². The fourth-order valence-electron chi connectivity index (χ4n) is 2.29. The van der Waals surface area contributed by atoms with Crippen molar-refractivity contribution >= 4 is 51.4 Å². The van der Waals surface area contributed by atoms with Crippen LogP contribution in [-0.2, 0) is 16.1 Å². The minimum absolute atomic E-state index is 0.0545. The Balaban J connectivity index is 1.54. The number of thioether (sulfide) groups is 1. The average Bonchev–Trinajstić information content (AvgIpc) is 3.09. The van der Waals surface area contributed by atoms with E-state index < -0.39 is 0 Å². The molecule has 9 heteroatoms. The second kappa shape index (κ2) is 8.29. The number of carbonyl (C=O) groups is 2. The molecule has 0 radical (unpaired) electrons. The van der Waals surface area contributed by atoms with Crippen molar-refractivity contribution in [1.82, 2.24) is 15.1 Å². The van der Waals surface area contributed by atoms with Gasteiger partial charge in [-0.05, 0) is 24.3 Å². The lowest BCUT2D eigenvalue weighted by Crippen LogP contribution is -2.32. The Morgan fingerprint density at radius 1 is 1.32 bits per heavy atom. The molecule has 134 valence electrons. The fraction of sp³-hybridized carbons (Fsp3) is 0.500. The highest BCUT2D eigenvalue weighted by atomic mass is 32.2. The van der Waals surface area contributed by atoms with E-state index in [1.54, 1.807) is 21.1 Å². The second-order valence-electron chi connectivity index (χ2n) is 5.82. The summed E-state index contributed by atoms with van der Waals surface area (Å²) in [5.41, 5.74) is 0. The number of hydrogen-bond donors (Lipinski definition) is 0. The van der Waals surface area contributed by atoms with Crippen LogP contribution in [0.3, 0.4) is 0 Å². The summed E-state index contributed by atoms with van der Waals surface area (Å²) in [5, 5.41) is 11.0. The molecule has 0 N–H and O–H groups in total. The van der Waals surface area contributed by atoms with Crippen LogP contribution in [-0.4, -0.2) is 45.8 Å². The molecule has 1 fully saturated rings. The van der Waals surface area contributed by atoms with Gasteiger partial charge in [-0.1, -0.05) is 36.1 Å². The number of aromatic nitrogens is 2. The summed E-state index contributed by atoms with van der Waals surface area (Å²) in [5.74, 6) is 0.461. The van der Waals surface area contributed by atoms with Crippen molar-refractivity contribution in [2.24, 2.45) is 0 Å². The smallest absolute Gasteiger partial charge is 0.233 e. The maximum Gasteiger partial charge on any atom is 0.233 e. The van der Waals surface area contributed by atoms with Gasteiger partial charge >= 0.3 is 0 Å². The average molecular weight is 397 g/mol. The lowest BCUT2D eigenvalue weighted by molar-refractivity contribution is -0.127. The quantitative estimate of drug-likeness (QED) is 0.506. The first kappa shape index (κ1) is 18.3. The van der Waals surface area contributed by atoms with Gasteiger partial charge in [-0.3, -0.25) is 14.5 Å². The zero-order valence-electron chi connectivity index (χ0n) is 14.2. The highest BCUT2D eigenvalue weighted by molar-refractivity contribution is 8.01. The van der Waals surface area contributed by atoms with Gasteiger partial charge in [0, 0.05) is 24.4 Å². The van der Waals surface area contributed by atoms with Crippen LogP contribution in [0.4, 0.5) is 5.13 Å². The highest BCUT2D eigenvalue weighted by Crippen LogP contribution is 2.36. The van der Waals surface area contributed by atoms with Crippen LogP contribution >= 0.6 is 34.4 Å². The van der Waals surface area contributed by atoms with Crippen molar-refractivity contribution in [2.75, 3.05) is 17.7 Å². The lowest BCUT2D eigenvalue weighted by atomic mass is 10.4. The fourth-order valence-corrected chi connectivity index (χ4v) is 4.91. The Bertz CT molecular complexity index is 728. The van der Waals surface area contributed by atoms with Crippen LogP contribution in [0.1, 0.15) is 31.1 Å². The topological polar surface area (TPSA) is 66.4 Å². The molecule has 0 bridgehead atoms. The Kier molecular flexibility index (Phi) is 6.08. The van der Waals surface area contributed by atoms with E-state index in [0.29, 0.717) is 23.8 Å². The molecule has 2 heterocycles. The monoisotopic (exact) mass is 396 g/mol. The zero-order chi connectivity index (χ0) is 17.8. The van der Waals surface area contributed by atoms with Crippen molar-refractivity contribution < 1.29 is 9.59 Å². The Morgan fingerprint density at radius 3 is 2.76 bits per heavy atom. The Morgan fingerprint density at radius 2 is 2.12 bits per heavy atom. The number of carbonyl (C=O) groups excluding carboxylic acids is 2. The van der Waals surface area contributed by atoms with Gasteiger partial charge in [0.05, 0.1) is 12.3 Å². The third-order valence-corrected chi connectivity index (χ3v) is 6.70. The van der Waals surface area contributed by atoms with E-state index in [2.05, 4.69) is 10.2 Å². The van der Waals surface area contributed by atoms with Gasteiger partial charge in [0.15, 0.2) is 4.34 Å². The van der Waals surface area contributed by atoms with Crippen LogP contribution in [0.5, 0.6) is 0 Å². The van der Waals surface area contributed by atoms with Crippen LogP contribution in [0, 0.1) is 0 Å². The number of thiophene rings is 1. The standard InChI is InChI=1S/C16H20N4O2S3/c1-3-13(21)20(11-6-7-11)15-17-18-16(25-15)24-10-14(22)19(2)9-12-5-4-8-23-12/h4-5,8,11H,3,6-7,9-10H2,1-2H3. The second-order valence-corrected chi connectivity index (χ2v) is 9.03. The molecule has 1 aliphatic rings. The summed E-state index contributed by atoms with van der Waals surface area (Å²) in [7, 11) is 1.81. The van der Waals surface area contributed by atoms with Crippen molar-refractivity contribution in [1.29, 1.82) is 0 Å². The Labute approximate surface area is 159 Å². The van der Waals surface area contributed by atoms with Crippen molar-refractivity contribution in [3.8, 4) is 0 Å². The summed E-state index contributed by atoms with van der Waals surface area (Å²) in [6.45, 7) is 2.48. The first-order valence-electron chi connectivity index (χ1n) is 8.13. The maximum absolute atomic E-state index is 12.3. The number of amides is 2. The molecule has 25 heavy (non-hydrogen) atoms. The summed E-state index contributed by atoms with van der Waals surface area (Å²) in [6.07, 6.45) is 2.52. The van der Waals surface area contributed by atoms with Gasteiger partial charge in [-0.15, -0.1) is 21.5 Å². The SMILES string of the molecule is CCC(=O)N(c1nnc(SCC(=O)N(C)Cc2cccs2)s1)C1CC1. The van der Waals surface area contributed by atoms with Gasteiger partial charge < -0.3 is 4.90 Å². The third kappa shape index (κ3) is 4.80. The third-order valence-electron chi connectivity index (χ3n) is 3.80. The molecule has 0 aliphatic heterocycles. The predicted octanol–water partition coefficient (Wildman–Crippen LogP) is 3.26. The summed E-state index contributed by atoms with van der Waals surface area (Å²) >= 11 is 4.41. The van der Waals surface area contributed by atoms with Gasteiger partial charge in [-0.2, -0.15) is 0 Å². The Hall–Kier alpha value is -1.45. The summed E-state index contributed by atoms with van der Waals surface area (Å²) in [4.78, 5) is 29.0. The molecular weight excluding hydrogens is 376 g/mol. The van der Waals surface area contributed by atoms with Gasteiger partial charge in [0.1, 0.15) is 0 Å². The molecule has 3 rings (SSSR count). The molecule has 0 atom stereocenters.